The van der Waals surface area contributed by atoms with E-state index in [0.717, 1.165) is 49.7 Å². The summed E-state index contributed by atoms with van der Waals surface area (Å²) in [7, 11) is 0. The van der Waals surface area contributed by atoms with Gasteiger partial charge in [-0.1, -0.05) is 36.4 Å². The van der Waals surface area contributed by atoms with Crippen molar-refractivity contribution in [1.29, 1.82) is 0 Å². The molecule has 3 N–H and O–H groups in total. The number of anilines is 3. The number of nitrogens with zero attached hydrogens (tertiary/aromatic N) is 3. The number of hydrogen-bond acceptors (Lipinski definition) is 6. The minimum absolute atomic E-state index is 0.210. The molecule has 2 aromatic rings. The Morgan fingerprint density at radius 3 is 2.42 bits per heavy atom. The SMILES string of the molecule is C=CCNc1cc(N2CCC(NCC=Cc3ccc(F)cc3)CC2)nc(NCC=C)n1. The molecular weight excluding hydrogens is 391 g/mol. The maximum atomic E-state index is 13.0. The number of rotatable bonds is 11. The van der Waals surface area contributed by atoms with Gasteiger partial charge in [0, 0.05) is 44.8 Å². The average molecular weight is 423 g/mol. The molecule has 0 atom stereocenters. The lowest BCUT2D eigenvalue weighted by Gasteiger charge is -2.33. The second-order valence-corrected chi connectivity index (χ2v) is 7.40. The summed E-state index contributed by atoms with van der Waals surface area (Å²) in [6.45, 7) is 11.4. The number of nitrogens with one attached hydrogen (secondary N) is 3. The Labute approximate surface area is 184 Å². The van der Waals surface area contributed by atoms with Crippen molar-refractivity contribution >= 4 is 23.7 Å². The highest BCUT2D eigenvalue weighted by Gasteiger charge is 2.20. The maximum absolute atomic E-state index is 13.0. The van der Waals surface area contributed by atoms with Crippen molar-refractivity contribution in [3.63, 3.8) is 0 Å². The van der Waals surface area contributed by atoms with Crippen molar-refractivity contribution in [2.24, 2.45) is 0 Å². The molecule has 0 bridgehead atoms. The van der Waals surface area contributed by atoms with Crippen molar-refractivity contribution in [2.45, 2.75) is 18.9 Å². The van der Waals surface area contributed by atoms with Gasteiger partial charge in [0.15, 0.2) is 0 Å². The van der Waals surface area contributed by atoms with E-state index >= 15 is 0 Å². The summed E-state index contributed by atoms with van der Waals surface area (Å²) < 4.78 is 13.0. The lowest BCUT2D eigenvalue weighted by atomic mass is 10.0. The van der Waals surface area contributed by atoms with Crippen molar-refractivity contribution in [1.82, 2.24) is 15.3 Å². The molecule has 0 amide bonds. The monoisotopic (exact) mass is 422 g/mol. The summed E-state index contributed by atoms with van der Waals surface area (Å²) in [4.78, 5) is 11.5. The Morgan fingerprint density at radius 2 is 1.71 bits per heavy atom. The molecule has 0 spiro atoms. The molecule has 1 aromatic carbocycles. The van der Waals surface area contributed by atoms with Crippen LogP contribution in [-0.2, 0) is 0 Å². The molecule has 7 heteroatoms. The Bertz CT molecular complexity index is 842. The van der Waals surface area contributed by atoms with Gasteiger partial charge >= 0.3 is 0 Å². The van der Waals surface area contributed by atoms with Crippen LogP contribution in [0.5, 0.6) is 0 Å². The van der Waals surface area contributed by atoms with Gasteiger partial charge in [0.05, 0.1) is 0 Å². The van der Waals surface area contributed by atoms with Crippen LogP contribution in [0.1, 0.15) is 18.4 Å². The molecule has 0 saturated carbocycles. The molecule has 6 nitrogen and oxygen atoms in total. The van der Waals surface area contributed by atoms with Crippen LogP contribution in [0.4, 0.5) is 22.0 Å². The second kappa shape index (κ2) is 11.9. The Hall–Kier alpha value is -3.19. The predicted octanol–water partition coefficient (Wildman–Crippen LogP) is 4.08. The van der Waals surface area contributed by atoms with Gasteiger partial charge < -0.3 is 20.9 Å². The fraction of sp³-hybridized carbons (Fsp3) is 0.333. The number of hydrogen-bond donors (Lipinski definition) is 3. The van der Waals surface area contributed by atoms with E-state index in [0.29, 0.717) is 25.1 Å². The third-order valence-corrected chi connectivity index (χ3v) is 5.07. The highest BCUT2D eigenvalue weighted by molar-refractivity contribution is 5.54. The summed E-state index contributed by atoms with van der Waals surface area (Å²) in [5.41, 5.74) is 1.00. The van der Waals surface area contributed by atoms with E-state index in [2.05, 4.69) is 50.1 Å². The first-order chi connectivity index (χ1) is 15.2. The number of benzene rings is 1. The molecule has 0 unspecified atom stereocenters. The molecule has 1 aliphatic heterocycles. The van der Waals surface area contributed by atoms with E-state index in [1.54, 1.807) is 24.3 Å². The van der Waals surface area contributed by atoms with E-state index < -0.39 is 0 Å². The smallest absolute Gasteiger partial charge is 0.226 e. The van der Waals surface area contributed by atoms with Crippen molar-refractivity contribution in [3.05, 3.63) is 73.1 Å². The normalized spacial score (nSPS) is 14.5. The largest absolute Gasteiger partial charge is 0.366 e. The predicted molar refractivity (Wildman–Crippen MR) is 128 cm³/mol. The Balaban J connectivity index is 1.51. The third-order valence-electron chi connectivity index (χ3n) is 5.07. The second-order valence-electron chi connectivity index (χ2n) is 7.40. The van der Waals surface area contributed by atoms with Crippen LogP contribution in [-0.4, -0.2) is 48.7 Å². The van der Waals surface area contributed by atoms with Gasteiger partial charge in [-0.25, -0.2) is 4.39 Å². The molecule has 3 rings (SSSR count). The van der Waals surface area contributed by atoms with Crippen molar-refractivity contribution in [2.75, 3.05) is 48.3 Å². The van der Waals surface area contributed by atoms with Crippen LogP contribution in [0.15, 0.2) is 61.7 Å². The van der Waals surface area contributed by atoms with Crippen LogP contribution in [0.2, 0.25) is 0 Å². The maximum Gasteiger partial charge on any atom is 0.226 e. The van der Waals surface area contributed by atoms with E-state index in [9.17, 15) is 4.39 Å². The first-order valence-electron chi connectivity index (χ1n) is 10.7. The topological polar surface area (TPSA) is 65.1 Å². The number of piperidine rings is 1. The fourth-order valence-electron chi connectivity index (χ4n) is 3.42. The van der Waals surface area contributed by atoms with E-state index in [-0.39, 0.29) is 5.82 Å². The summed E-state index contributed by atoms with van der Waals surface area (Å²) in [5, 5.41) is 10.0. The molecule has 1 aromatic heterocycles. The highest BCUT2D eigenvalue weighted by Crippen LogP contribution is 2.22. The van der Waals surface area contributed by atoms with Gasteiger partial charge in [0.25, 0.3) is 0 Å². The first kappa shape index (κ1) is 22.5. The van der Waals surface area contributed by atoms with E-state index in [4.69, 9.17) is 0 Å². The van der Waals surface area contributed by atoms with Gasteiger partial charge in [-0.3, -0.25) is 0 Å². The summed E-state index contributed by atoms with van der Waals surface area (Å²) in [6, 6.07) is 8.97. The molecule has 1 aliphatic rings. The molecule has 1 fully saturated rings. The Morgan fingerprint density at radius 1 is 1.00 bits per heavy atom. The molecule has 0 aliphatic carbocycles. The molecular formula is C24H31FN6. The molecule has 2 heterocycles. The minimum atomic E-state index is -0.210. The molecule has 0 radical (unpaired) electrons. The zero-order chi connectivity index (χ0) is 21.9. The highest BCUT2D eigenvalue weighted by atomic mass is 19.1. The number of aromatic nitrogens is 2. The summed E-state index contributed by atoms with van der Waals surface area (Å²) >= 11 is 0. The molecule has 31 heavy (non-hydrogen) atoms. The Kier molecular flexibility index (Phi) is 8.60. The summed E-state index contributed by atoms with van der Waals surface area (Å²) in [6.07, 6.45) is 9.77. The van der Waals surface area contributed by atoms with Crippen LogP contribution >= 0.6 is 0 Å². The average Bonchev–Trinajstić information content (AvgIpc) is 2.80. The quantitative estimate of drug-likeness (QED) is 0.474. The lowest BCUT2D eigenvalue weighted by molar-refractivity contribution is 0.429. The van der Waals surface area contributed by atoms with Crippen LogP contribution < -0.4 is 20.9 Å². The molecule has 164 valence electrons. The van der Waals surface area contributed by atoms with Gasteiger partial charge in [0.2, 0.25) is 5.95 Å². The number of halogens is 1. The fourth-order valence-corrected chi connectivity index (χ4v) is 3.42. The van der Waals surface area contributed by atoms with Gasteiger partial charge in [0.1, 0.15) is 17.5 Å². The van der Waals surface area contributed by atoms with E-state index in [1.807, 2.05) is 12.1 Å². The zero-order valence-electron chi connectivity index (χ0n) is 17.9. The van der Waals surface area contributed by atoms with Crippen molar-refractivity contribution in [3.8, 4) is 0 Å². The third kappa shape index (κ3) is 7.22. The van der Waals surface area contributed by atoms with Gasteiger partial charge in [-0.15, -0.1) is 13.2 Å². The van der Waals surface area contributed by atoms with Crippen LogP contribution in [0, 0.1) is 5.82 Å². The van der Waals surface area contributed by atoms with Crippen molar-refractivity contribution < 1.29 is 4.39 Å². The summed E-state index contributed by atoms with van der Waals surface area (Å²) in [5.74, 6) is 2.08. The lowest BCUT2D eigenvalue weighted by Crippen LogP contribution is -2.43. The van der Waals surface area contributed by atoms with E-state index in [1.165, 1.54) is 12.1 Å². The molecule has 1 saturated heterocycles. The zero-order valence-corrected chi connectivity index (χ0v) is 17.9. The van der Waals surface area contributed by atoms with Crippen LogP contribution in [0.25, 0.3) is 6.08 Å². The van der Waals surface area contributed by atoms with Crippen LogP contribution in [0.3, 0.4) is 0 Å². The van der Waals surface area contributed by atoms with Gasteiger partial charge in [-0.05, 0) is 30.5 Å². The standard InChI is InChI=1S/C24H31FN6/c1-3-13-27-22-18-23(30-24(29-22)28-14-4-2)31-16-11-21(12-17-31)26-15-5-6-19-7-9-20(25)10-8-19/h3-10,18,21,26H,1-2,11-17H2,(H2,27,28,29,30). The van der Waals surface area contributed by atoms with Gasteiger partial charge in [-0.2, -0.15) is 9.97 Å². The minimum Gasteiger partial charge on any atom is -0.366 e. The first-order valence-corrected chi connectivity index (χ1v) is 10.7.